The van der Waals surface area contributed by atoms with E-state index in [9.17, 15) is 0 Å². The second-order valence-corrected chi connectivity index (χ2v) is 10.8. The Kier molecular flexibility index (Phi) is 10.7. The largest absolute Gasteiger partial charge is 0.519 e. The summed E-state index contributed by atoms with van der Waals surface area (Å²) < 4.78 is 19.8. The molecule has 1 saturated carbocycles. The van der Waals surface area contributed by atoms with Crippen molar-refractivity contribution in [2.24, 2.45) is 11.8 Å². The Labute approximate surface area is 163 Å². The summed E-state index contributed by atoms with van der Waals surface area (Å²) in [6.45, 7) is 10.1. The van der Waals surface area contributed by atoms with Gasteiger partial charge in [-0.15, -0.1) is 0 Å². The molecule has 1 saturated heterocycles. The van der Waals surface area contributed by atoms with Crippen LogP contribution in [0.5, 0.6) is 0 Å². The summed E-state index contributed by atoms with van der Waals surface area (Å²) in [5.74, 6) is 1.51. The molecule has 0 amide bonds. The molecule has 2 fully saturated rings. The first-order chi connectivity index (χ1) is 12.8. The van der Waals surface area contributed by atoms with Gasteiger partial charge in [-0.1, -0.05) is 59.3 Å². The van der Waals surface area contributed by atoms with Gasteiger partial charge < -0.3 is 18.6 Å². The molecule has 0 aromatic heterocycles. The molecule has 3 atom stereocenters. The lowest BCUT2D eigenvalue weighted by Crippen LogP contribution is -2.68. The van der Waals surface area contributed by atoms with Gasteiger partial charge in [0.15, 0.2) is 0 Å². The van der Waals surface area contributed by atoms with Crippen molar-refractivity contribution in [1.82, 2.24) is 5.32 Å². The first-order valence-corrected chi connectivity index (χ1v) is 13.2. The molecule has 1 aliphatic heterocycles. The van der Waals surface area contributed by atoms with E-state index in [0.717, 1.165) is 70.8 Å². The lowest BCUT2D eigenvalue weighted by molar-refractivity contribution is 0.0193. The number of unbranched alkanes of at least 4 members (excludes halogenated alkanes) is 3. The summed E-state index contributed by atoms with van der Waals surface area (Å²) in [6.07, 6.45) is 13.5. The Morgan fingerprint density at radius 2 is 1.31 bits per heavy atom. The third-order valence-electron chi connectivity index (χ3n) is 6.06. The van der Waals surface area contributed by atoms with Crippen molar-refractivity contribution in [3.05, 3.63) is 0 Å². The smallest absolute Gasteiger partial charge is 0.373 e. The van der Waals surface area contributed by atoms with Gasteiger partial charge in [0, 0.05) is 19.8 Å². The molecule has 0 aromatic rings. The Hall–Kier alpha value is 0.0569. The van der Waals surface area contributed by atoms with E-state index >= 15 is 0 Å². The molecule has 1 aliphatic carbocycles. The van der Waals surface area contributed by atoms with Gasteiger partial charge in [0.1, 0.15) is 0 Å². The summed E-state index contributed by atoms with van der Waals surface area (Å²) in [4.78, 5) is 0. The van der Waals surface area contributed by atoms with E-state index in [1.54, 1.807) is 0 Å². The van der Waals surface area contributed by atoms with E-state index in [1.807, 2.05) is 0 Å². The molecule has 0 bridgehead atoms. The van der Waals surface area contributed by atoms with Crippen LogP contribution < -0.4 is 5.32 Å². The van der Waals surface area contributed by atoms with Gasteiger partial charge in [-0.25, -0.2) is 0 Å². The number of hydrogen-bond acceptors (Lipinski definition) is 4. The van der Waals surface area contributed by atoms with Crippen LogP contribution in [0.3, 0.4) is 0 Å². The van der Waals surface area contributed by atoms with Gasteiger partial charge in [0.2, 0.25) is 0 Å². The Morgan fingerprint density at radius 1 is 0.769 bits per heavy atom. The molecule has 3 unspecified atom stereocenters. The summed E-state index contributed by atoms with van der Waals surface area (Å²) in [6, 6.07) is 0. The molecule has 1 heterocycles. The number of hydrogen-bond donors (Lipinski definition) is 1. The second kappa shape index (κ2) is 12.5. The van der Waals surface area contributed by atoms with Crippen molar-refractivity contribution in [2.75, 3.05) is 26.4 Å². The zero-order valence-corrected chi connectivity index (χ0v) is 18.6. The van der Waals surface area contributed by atoms with Crippen LogP contribution in [0.1, 0.15) is 91.4 Å². The third-order valence-corrected chi connectivity index (χ3v) is 9.27. The molecular formula is C21H43NO3Si. The lowest BCUT2D eigenvalue weighted by Gasteiger charge is -2.47. The first-order valence-electron chi connectivity index (χ1n) is 11.4. The predicted molar refractivity (Wildman–Crippen MR) is 110 cm³/mol. The molecule has 1 N–H and O–H groups in total. The minimum atomic E-state index is -2.73. The monoisotopic (exact) mass is 385 g/mol. The first kappa shape index (κ1) is 22.3. The highest BCUT2D eigenvalue weighted by Crippen LogP contribution is 2.40. The summed E-state index contributed by atoms with van der Waals surface area (Å²) in [7, 11) is -2.73. The Morgan fingerprint density at radius 3 is 1.85 bits per heavy atom. The van der Waals surface area contributed by atoms with E-state index in [2.05, 4.69) is 26.1 Å². The third kappa shape index (κ3) is 6.30. The molecular weight excluding hydrogens is 342 g/mol. The summed E-state index contributed by atoms with van der Waals surface area (Å²) in [5, 5.41) is 3.83. The molecule has 2 aliphatic rings. The van der Waals surface area contributed by atoms with E-state index in [1.165, 1.54) is 32.1 Å². The van der Waals surface area contributed by atoms with Crippen molar-refractivity contribution < 1.29 is 13.3 Å². The molecule has 2 rings (SSSR count). The minimum absolute atomic E-state index is 0.298. The van der Waals surface area contributed by atoms with Gasteiger partial charge in [0.25, 0.3) is 0 Å². The highest BCUT2D eigenvalue weighted by Gasteiger charge is 2.55. The normalized spacial score (nSPS) is 26.7. The average molecular weight is 386 g/mol. The van der Waals surface area contributed by atoms with Crippen molar-refractivity contribution >= 4 is 8.80 Å². The zero-order chi connectivity index (χ0) is 18.7. The fourth-order valence-corrected chi connectivity index (χ4v) is 7.90. The van der Waals surface area contributed by atoms with Crippen molar-refractivity contribution in [3.8, 4) is 0 Å². The fourth-order valence-electron chi connectivity index (χ4n) is 4.47. The van der Waals surface area contributed by atoms with Gasteiger partial charge in [0.05, 0.1) is 5.67 Å². The zero-order valence-electron chi connectivity index (χ0n) is 17.6. The van der Waals surface area contributed by atoms with Crippen LogP contribution in [-0.4, -0.2) is 40.8 Å². The minimum Gasteiger partial charge on any atom is -0.373 e. The molecule has 0 spiro atoms. The predicted octanol–water partition coefficient (Wildman–Crippen LogP) is 5.08. The van der Waals surface area contributed by atoms with E-state index in [0.29, 0.717) is 11.6 Å². The summed E-state index contributed by atoms with van der Waals surface area (Å²) >= 11 is 0. The topological polar surface area (TPSA) is 39.7 Å². The molecule has 154 valence electrons. The number of nitrogens with one attached hydrogen (secondary N) is 1. The fraction of sp³-hybridized carbons (Fsp3) is 1.00. The van der Waals surface area contributed by atoms with Crippen LogP contribution in [-0.2, 0) is 13.3 Å². The summed E-state index contributed by atoms with van der Waals surface area (Å²) in [5.41, 5.74) is 0.298. The standard InChI is InChI=1S/C21H43NO3Si/c1-4-7-16-23-26(24-17-8-5-2,25-18-9-6-3)21-20-13-11-10-12-19(20)14-15-22-21/h19-22H,4-18H2,1-3H3. The van der Waals surface area contributed by atoms with Crippen LogP contribution in [0.4, 0.5) is 0 Å². The Bertz CT molecular complexity index is 341. The van der Waals surface area contributed by atoms with Crippen LogP contribution in [0, 0.1) is 11.8 Å². The average Bonchev–Trinajstić information content (AvgIpc) is 2.68. The molecule has 26 heavy (non-hydrogen) atoms. The van der Waals surface area contributed by atoms with Crippen LogP contribution >= 0.6 is 0 Å². The second-order valence-electron chi connectivity index (χ2n) is 8.14. The van der Waals surface area contributed by atoms with E-state index in [4.69, 9.17) is 13.3 Å². The number of fused-ring (bicyclic) bond motifs is 1. The maximum Gasteiger partial charge on any atom is 0.519 e. The Balaban J connectivity index is 2.17. The van der Waals surface area contributed by atoms with Crippen LogP contribution in [0.2, 0.25) is 0 Å². The van der Waals surface area contributed by atoms with Gasteiger partial charge >= 0.3 is 8.80 Å². The van der Waals surface area contributed by atoms with Crippen molar-refractivity contribution in [1.29, 1.82) is 0 Å². The van der Waals surface area contributed by atoms with Crippen molar-refractivity contribution in [3.63, 3.8) is 0 Å². The SMILES string of the molecule is CCCCO[Si](OCCCC)(OCCCC)C1NCCC2CCCCC21. The van der Waals surface area contributed by atoms with Crippen LogP contribution in [0.15, 0.2) is 0 Å². The van der Waals surface area contributed by atoms with Gasteiger partial charge in [-0.2, -0.15) is 0 Å². The van der Waals surface area contributed by atoms with Crippen LogP contribution in [0.25, 0.3) is 0 Å². The number of rotatable bonds is 13. The maximum atomic E-state index is 6.58. The highest BCUT2D eigenvalue weighted by atomic mass is 28.4. The highest BCUT2D eigenvalue weighted by molar-refractivity contribution is 6.62. The molecule has 0 radical (unpaired) electrons. The maximum absolute atomic E-state index is 6.58. The van der Waals surface area contributed by atoms with E-state index < -0.39 is 8.80 Å². The molecule has 4 nitrogen and oxygen atoms in total. The van der Waals surface area contributed by atoms with Crippen molar-refractivity contribution in [2.45, 2.75) is 97.1 Å². The van der Waals surface area contributed by atoms with E-state index in [-0.39, 0.29) is 0 Å². The van der Waals surface area contributed by atoms with Gasteiger partial charge in [-0.3, -0.25) is 0 Å². The number of piperidine rings is 1. The lowest BCUT2D eigenvalue weighted by atomic mass is 9.75. The molecule has 5 heteroatoms. The quantitative estimate of drug-likeness (QED) is 0.354. The van der Waals surface area contributed by atoms with Gasteiger partial charge in [-0.05, 0) is 50.5 Å². The molecule has 0 aromatic carbocycles.